The molecule has 1 aliphatic heterocycles. The molecule has 0 spiro atoms. The van der Waals surface area contributed by atoms with Crippen LogP contribution in [0.1, 0.15) is 6.42 Å². The van der Waals surface area contributed by atoms with Gasteiger partial charge in [-0.3, -0.25) is 0 Å². The van der Waals surface area contributed by atoms with Gasteiger partial charge in [0, 0.05) is 31.0 Å². The topological polar surface area (TPSA) is 41.3 Å². The van der Waals surface area contributed by atoms with Crippen molar-refractivity contribution in [2.24, 2.45) is 0 Å². The maximum absolute atomic E-state index is 5.66. The Morgan fingerprint density at radius 3 is 2.24 bits per heavy atom. The number of rotatable bonds is 1. The van der Waals surface area contributed by atoms with Crippen LogP contribution in [0.4, 0.5) is 11.4 Å². The quantitative estimate of drug-likeness (QED) is 0.782. The second-order valence-corrected chi connectivity index (χ2v) is 3.68. The SMILES string of the molecule is Cl.Cl.Cl.Nc1ccc(N2CCCNCC2)cc1. The predicted octanol–water partition coefficient (Wildman–Crippen LogP) is 2.33. The Hall–Kier alpha value is -0.350. The van der Waals surface area contributed by atoms with Crippen LogP contribution in [0, 0.1) is 0 Å². The van der Waals surface area contributed by atoms with Crippen molar-refractivity contribution in [3.8, 4) is 0 Å². The van der Waals surface area contributed by atoms with Gasteiger partial charge in [0.1, 0.15) is 0 Å². The Bertz CT molecular complexity index is 285. The Kier molecular flexibility index (Phi) is 10.8. The van der Waals surface area contributed by atoms with E-state index in [0.29, 0.717) is 0 Å². The largest absolute Gasteiger partial charge is 0.399 e. The summed E-state index contributed by atoms with van der Waals surface area (Å²) >= 11 is 0. The number of nitrogens with zero attached hydrogens (tertiary/aromatic N) is 1. The van der Waals surface area contributed by atoms with Crippen molar-refractivity contribution in [1.82, 2.24) is 5.32 Å². The second kappa shape index (κ2) is 9.66. The third-order valence-corrected chi connectivity index (χ3v) is 2.60. The van der Waals surface area contributed by atoms with Gasteiger partial charge in [-0.15, -0.1) is 37.2 Å². The molecule has 1 fully saturated rings. The lowest BCUT2D eigenvalue weighted by molar-refractivity contribution is 0.724. The molecule has 0 radical (unpaired) electrons. The summed E-state index contributed by atoms with van der Waals surface area (Å²) in [6.45, 7) is 4.43. The van der Waals surface area contributed by atoms with Gasteiger partial charge in [-0.05, 0) is 37.2 Å². The molecule has 100 valence electrons. The number of benzene rings is 1. The molecular weight excluding hydrogens is 281 g/mol. The lowest BCUT2D eigenvalue weighted by Crippen LogP contribution is -2.27. The molecule has 0 amide bonds. The molecule has 1 aromatic carbocycles. The maximum Gasteiger partial charge on any atom is 0.0368 e. The van der Waals surface area contributed by atoms with Gasteiger partial charge in [0.2, 0.25) is 0 Å². The van der Waals surface area contributed by atoms with Crippen LogP contribution in [0.15, 0.2) is 24.3 Å². The number of hydrogen-bond donors (Lipinski definition) is 2. The molecule has 6 heteroatoms. The zero-order chi connectivity index (χ0) is 9.80. The standard InChI is InChI=1S/C11H17N3.3ClH/c12-10-2-4-11(5-3-10)14-8-1-6-13-7-9-14;;;/h2-5,13H,1,6-9,12H2;3*1H. The van der Waals surface area contributed by atoms with Gasteiger partial charge < -0.3 is 16.0 Å². The zero-order valence-corrected chi connectivity index (χ0v) is 12.0. The highest BCUT2D eigenvalue weighted by atomic mass is 35.5. The lowest BCUT2D eigenvalue weighted by Gasteiger charge is -2.22. The first kappa shape index (κ1) is 19.0. The van der Waals surface area contributed by atoms with E-state index in [4.69, 9.17) is 5.73 Å². The zero-order valence-electron chi connectivity index (χ0n) is 9.59. The summed E-state index contributed by atoms with van der Waals surface area (Å²) in [5.41, 5.74) is 7.77. The Balaban J connectivity index is 0. The molecule has 1 aliphatic rings. The van der Waals surface area contributed by atoms with E-state index in [1.165, 1.54) is 12.1 Å². The number of hydrogen-bond acceptors (Lipinski definition) is 3. The average Bonchev–Trinajstić information content (AvgIpc) is 2.47. The molecule has 3 N–H and O–H groups in total. The van der Waals surface area contributed by atoms with E-state index in [-0.39, 0.29) is 37.2 Å². The first-order chi connectivity index (χ1) is 6.86. The molecule has 0 saturated carbocycles. The van der Waals surface area contributed by atoms with Gasteiger partial charge in [0.05, 0.1) is 0 Å². The van der Waals surface area contributed by atoms with E-state index in [9.17, 15) is 0 Å². The Morgan fingerprint density at radius 2 is 1.59 bits per heavy atom. The number of halogens is 3. The van der Waals surface area contributed by atoms with Gasteiger partial charge in [0.15, 0.2) is 0 Å². The third-order valence-electron chi connectivity index (χ3n) is 2.60. The third kappa shape index (κ3) is 5.68. The summed E-state index contributed by atoms with van der Waals surface area (Å²) in [5.74, 6) is 0. The minimum absolute atomic E-state index is 0. The van der Waals surface area contributed by atoms with E-state index < -0.39 is 0 Å². The van der Waals surface area contributed by atoms with Gasteiger partial charge in [0.25, 0.3) is 0 Å². The van der Waals surface area contributed by atoms with E-state index >= 15 is 0 Å². The average molecular weight is 301 g/mol. The van der Waals surface area contributed by atoms with Crippen LogP contribution in [0.3, 0.4) is 0 Å². The van der Waals surface area contributed by atoms with Crippen LogP contribution in [0.2, 0.25) is 0 Å². The number of anilines is 2. The van der Waals surface area contributed by atoms with Crippen LogP contribution < -0.4 is 16.0 Å². The second-order valence-electron chi connectivity index (χ2n) is 3.68. The summed E-state index contributed by atoms with van der Waals surface area (Å²) in [5, 5.41) is 3.39. The van der Waals surface area contributed by atoms with Crippen molar-refractivity contribution in [1.29, 1.82) is 0 Å². The van der Waals surface area contributed by atoms with Crippen LogP contribution >= 0.6 is 37.2 Å². The smallest absolute Gasteiger partial charge is 0.0368 e. The molecule has 0 aromatic heterocycles. The van der Waals surface area contributed by atoms with Crippen molar-refractivity contribution in [2.45, 2.75) is 6.42 Å². The minimum Gasteiger partial charge on any atom is -0.399 e. The summed E-state index contributed by atoms with van der Waals surface area (Å²) < 4.78 is 0. The number of nitrogens with one attached hydrogen (secondary N) is 1. The van der Waals surface area contributed by atoms with Gasteiger partial charge in [-0.2, -0.15) is 0 Å². The van der Waals surface area contributed by atoms with E-state index in [1.807, 2.05) is 12.1 Å². The molecule has 1 saturated heterocycles. The lowest BCUT2D eigenvalue weighted by atomic mass is 10.2. The summed E-state index contributed by atoms with van der Waals surface area (Å²) in [6, 6.07) is 8.13. The normalized spacial score (nSPS) is 14.7. The van der Waals surface area contributed by atoms with E-state index in [2.05, 4.69) is 22.3 Å². The monoisotopic (exact) mass is 299 g/mol. The van der Waals surface area contributed by atoms with Gasteiger partial charge >= 0.3 is 0 Å². The summed E-state index contributed by atoms with van der Waals surface area (Å²) in [7, 11) is 0. The molecule has 0 unspecified atom stereocenters. The van der Waals surface area contributed by atoms with Crippen molar-refractivity contribution in [3.05, 3.63) is 24.3 Å². The molecule has 3 nitrogen and oxygen atoms in total. The van der Waals surface area contributed by atoms with E-state index in [0.717, 1.165) is 31.9 Å². The van der Waals surface area contributed by atoms with Crippen molar-refractivity contribution in [2.75, 3.05) is 36.8 Å². The summed E-state index contributed by atoms with van der Waals surface area (Å²) in [6.07, 6.45) is 1.21. The van der Waals surface area contributed by atoms with Crippen molar-refractivity contribution < 1.29 is 0 Å². The van der Waals surface area contributed by atoms with Crippen LogP contribution in [0.5, 0.6) is 0 Å². The highest BCUT2D eigenvalue weighted by Gasteiger charge is 2.08. The fraction of sp³-hybridized carbons (Fsp3) is 0.455. The molecule has 0 bridgehead atoms. The van der Waals surface area contributed by atoms with E-state index in [1.54, 1.807) is 0 Å². The highest BCUT2D eigenvalue weighted by molar-refractivity contribution is 5.86. The maximum atomic E-state index is 5.66. The molecule has 17 heavy (non-hydrogen) atoms. The molecule has 2 rings (SSSR count). The number of nitrogens with two attached hydrogens (primary N) is 1. The Labute approximate surface area is 121 Å². The molecule has 0 atom stereocenters. The van der Waals surface area contributed by atoms with Gasteiger partial charge in [-0.1, -0.05) is 0 Å². The fourth-order valence-electron chi connectivity index (χ4n) is 1.79. The van der Waals surface area contributed by atoms with Crippen LogP contribution in [0.25, 0.3) is 0 Å². The van der Waals surface area contributed by atoms with Crippen molar-refractivity contribution >= 4 is 48.6 Å². The van der Waals surface area contributed by atoms with Crippen LogP contribution in [-0.4, -0.2) is 26.2 Å². The van der Waals surface area contributed by atoms with Crippen molar-refractivity contribution in [3.63, 3.8) is 0 Å². The van der Waals surface area contributed by atoms with Gasteiger partial charge in [-0.25, -0.2) is 0 Å². The number of nitrogen functional groups attached to an aromatic ring is 1. The molecular formula is C11H20Cl3N3. The fourth-order valence-corrected chi connectivity index (χ4v) is 1.79. The first-order valence-corrected chi connectivity index (χ1v) is 5.17. The Morgan fingerprint density at radius 1 is 0.941 bits per heavy atom. The minimum atomic E-state index is 0. The van der Waals surface area contributed by atoms with Crippen LogP contribution in [-0.2, 0) is 0 Å². The molecule has 0 aliphatic carbocycles. The molecule has 1 heterocycles. The highest BCUT2D eigenvalue weighted by Crippen LogP contribution is 2.16. The summed E-state index contributed by atoms with van der Waals surface area (Å²) in [4.78, 5) is 2.40. The first-order valence-electron chi connectivity index (χ1n) is 5.17. The molecule has 1 aromatic rings. The predicted molar refractivity (Wildman–Crippen MR) is 82.3 cm³/mol.